The Morgan fingerprint density at radius 1 is 1.05 bits per heavy atom. The van der Waals surface area contributed by atoms with Crippen LogP contribution < -0.4 is 4.74 Å². The van der Waals surface area contributed by atoms with Crippen molar-refractivity contribution in [3.63, 3.8) is 0 Å². The number of aromatic amines is 1. The monoisotopic (exact) mass is 295 g/mol. The lowest BCUT2D eigenvalue weighted by molar-refractivity contribution is -0.133. The van der Waals surface area contributed by atoms with Gasteiger partial charge in [0.15, 0.2) is 0 Å². The molecule has 2 aromatic carbocycles. The molecule has 0 atom stereocenters. The lowest BCUT2D eigenvalue weighted by atomic mass is 10.1. The van der Waals surface area contributed by atoms with Gasteiger partial charge < -0.3 is 14.8 Å². The van der Waals surface area contributed by atoms with E-state index in [0.717, 1.165) is 16.5 Å². The maximum absolute atomic E-state index is 12.1. The van der Waals surface area contributed by atoms with Crippen molar-refractivity contribution in [3.05, 3.63) is 65.9 Å². The van der Waals surface area contributed by atoms with Crippen LogP contribution in [0, 0.1) is 0 Å². The van der Waals surface area contributed by atoms with Crippen molar-refractivity contribution < 1.29 is 19.4 Å². The molecule has 3 aromatic rings. The highest BCUT2D eigenvalue weighted by Gasteiger charge is 2.15. The molecule has 0 fully saturated rings. The number of fused-ring (bicyclic) bond motifs is 1. The predicted molar refractivity (Wildman–Crippen MR) is 81.0 cm³/mol. The second-order valence-electron chi connectivity index (χ2n) is 4.81. The number of carbonyl (C=O) groups is 2. The molecule has 1 heterocycles. The van der Waals surface area contributed by atoms with Gasteiger partial charge in [-0.2, -0.15) is 0 Å². The predicted octanol–water partition coefficient (Wildman–Crippen LogP) is 3.01. The number of aromatic nitrogens is 1. The Balaban J connectivity index is 1.80. The molecule has 5 heteroatoms. The number of aromatic carboxylic acids is 1. The average molecular weight is 295 g/mol. The second kappa shape index (κ2) is 5.73. The fourth-order valence-corrected chi connectivity index (χ4v) is 2.32. The molecular formula is C17H13NO4. The van der Waals surface area contributed by atoms with Crippen LogP contribution in [0.4, 0.5) is 0 Å². The van der Waals surface area contributed by atoms with E-state index in [1.54, 1.807) is 18.3 Å². The summed E-state index contributed by atoms with van der Waals surface area (Å²) < 4.78 is 5.20. The standard InChI is InChI=1S/C17H13NO4/c19-16(22-15-8-4-2-6-13(15)17(20)21)9-11-10-18-14-7-3-1-5-12(11)14/h1-8,10,18H,9H2,(H,20,21). The molecule has 0 amide bonds. The Labute approximate surface area is 126 Å². The quantitative estimate of drug-likeness (QED) is 0.573. The summed E-state index contributed by atoms with van der Waals surface area (Å²) in [6, 6.07) is 13.7. The molecule has 0 saturated carbocycles. The van der Waals surface area contributed by atoms with Gasteiger partial charge in [-0.05, 0) is 23.8 Å². The third-order valence-corrected chi connectivity index (χ3v) is 3.35. The van der Waals surface area contributed by atoms with Crippen LogP contribution in [0.25, 0.3) is 10.9 Å². The summed E-state index contributed by atoms with van der Waals surface area (Å²) in [4.78, 5) is 26.3. The van der Waals surface area contributed by atoms with E-state index < -0.39 is 11.9 Å². The summed E-state index contributed by atoms with van der Waals surface area (Å²) in [5.41, 5.74) is 1.72. The number of ether oxygens (including phenoxy) is 1. The molecule has 0 radical (unpaired) electrons. The van der Waals surface area contributed by atoms with Crippen LogP contribution in [0.2, 0.25) is 0 Å². The number of nitrogens with one attached hydrogen (secondary N) is 1. The van der Waals surface area contributed by atoms with Crippen molar-refractivity contribution >= 4 is 22.8 Å². The minimum Gasteiger partial charge on any atom is -0.478 e. The van der Waals surface area contributed by atoms with Crippen LogP contribution in [0.1, 0.15) is 15.9 Å². The van der Waals surface area contributed by atoms with Crippen molar-refractivity contribution in [2.75, 3.05) is 0 Å². The summed E-state index contributed by atoms with van der Waals surface area (Å²) >= 11 is 0. The van der Waals surface area contributed by atoms with Gasteiger partial charge in [-0.15, -0.1) is 0 Å². The lowest BCUT2D eigenvalue weighted by Crippen LogP contribution is -2.13. The first-order chi connectivity index (χ1) is 10.6. The molecular weight excluding hydrogens is 282 g/mol. The van der Waals surface area contributed by atoms with Gasteiger partial charge in [0.25, 0.3) is 0 Å². The zero-order valence-electron chi connectivity index (χ0n) is 11.6. The zero-order valence-corrected chi connectivity index (χ0v) is 11.6. The van der Waals surface area contributed by atoms with E-state index in [9.17, 15) is 9.59 Å². The Kier molecular flexibility index (Phi) is 3.62. The SMILES string of the molecule is O=C(Cc1c[nH]c2ccccc12)Oc1ccccc1C(=O)O. The summed E-state index contributed by atoms with van der Waals surface area (Å²) in [6.07, 6.45) is 1.83. The van der Waals surface area contributed by atoms with Crippen molar-refractivity contribution in [2.45, 2.75) is 6.42 Å². The number of carbonyl (C=O) groups excluding carboxylic acids is 1. The van der Waals surface area contributed by atoms with Crippen molar-refractivity contribution in [1.82, 2.24) is 4.98 Å². The number of carboxylic acids is 1. The Morgan fingerprint density at radius 2 is 1.77 bits per heavy atom. The molecule has 0 unspecified atom stereocenters. The van der Waals surface area contributed by atoms with Crippen LogP contribution >= 0.6 is 0 Å². The summed E-state index contributed by atoms with van der Waals surface area (Å²) in [5.74, 6) is -1.58. The van der Waals surface area contributed by atoms with Crippen LogP contribution in [-0.2, 0) is 11.2 Å². The zero-order chi connectivity index (χ0) is 15.5. The normalized spacial score (nSPS) is 10.5. The first kappa shape index (κ1) is 13.9. The number of rotatable bonds is 4. The van der Waals surface area contributed by atoms with E-state index >= 15 is 0 Å². The minimum atomic E-state index is -1.13. The van der Waals surface area contributed by atoms with Gasteiger partial charge in [0.1, 0.15) is 11.3 Å². The molecule has 5 nitrogen and oxygen atoms in total. The van der Waals surface area contributed by atoms with Gasteiger partial charge in [-0.3, -0.25) is 4.79 Å². The molecule has 1 aromatic heterocycles. The van der Waals surface area contributed by atoms with E-state index in [1.807, 2.05) is 24.3 Å². The van der Waals surface area contributed by atoms with Crippen LogP contribution in [-0.4, -0.2) is 22.0 Å². The third-order valence-electron chi connectivity index (χ3n) is 3.35. The fraction of sp³-hybridized carbons (Fsp3) is 0.0588. The maximum Gasteiger partial charge on any atom is 0.339 e. The van der Waals surface area contributed by atoms with E-state index in [0.29, 0.717) is 0 Å². The summed E-state index contributed by atoms with van der Waals surface area (Å²) in [6.45, 7) is 0. The molecule has 3 rings (SSSR count). The molecule has 0 aliphatic heterocycles. The number of para-hydroxylation sites is 2. The third kappa shape index (κ3) is 2.69. The summed E-state index contributed by atoms with van der Waals surface area (Å²) in [5, 5.41) is 10.0. The van der Waals surface area contributed by atoms with Gasteiger partial charge in [0.05, 0.1) is 6.42 Å². The van der Waals surface area contributed by atoms with Gasteiger partial charge in [-0.1, -0.05) is 30.3 Å². The van der Waals surface area contributed by atoms with Crippen LogP contribution in [0.15, 0.2) is 54.7 Å². The van der Waals surface area contributed by atoms with E-state index in [1.165, 1.54) is 12.1 Å². The molecule has 0 aliphatic carbocycles. The largest absolute Gasteiger partial charge is 0.478 e. The van der Waals surface area contributed by atoms with Crippen LogP contribution in [0.5, 0.6) is 5.75 Å². The van der Waals surface area contributed by atoms with Gasteiger partial charge in [0, 0.05) is 17.1 Å². The highest BCUT2D eigenvalue weighted by atomic mass is 16.5. The number of carboxylic acid groups (broad SMARTS) is 1. The molecule has 110 valence electrons. The summed E-state index contributed by atoms with van der Waals surface area (Å²) in [7, 11) is 0. The molecule has 22 heavy (non-hydrogen) atoms. The van der Waals surface area contributed by atoms with Crippen molar-refractivity contribution in [3.8, 4) is 5.75 Å². The minimum absolute atomic E-state index is 0.0326. The smallest absolute Gasteiger partial charge is 0.339 e. The molecule has 0 saturated heterocycles. The first-order valence-electron chi connectivity index (χ1n) is 6.73. The van der Waals surface area contributed by atoms with Gasteiger partial charge >= 0.3 is 11.9 Å². The number of H-pyrrole nitrogens is 1. The van der Waals surface area contributed by atoms with Gasteiger partial charge in [-0.25, -0.2) is 4.79 Å². The fourth-order valence-electron chi connectivity index (χ4n) is 2.32. The van der Waals surface area contributed by atoms with E-state index in [-0.39, 0.29) is 17.7 Å². The average Bonchev–Trinajstić information content (AvgIpc) is 2.91. The van der Waals surface area contributed by atoms with Gasteiger partial charge in [0.2, 0.25) is 0 Å². The van der Waals surface area contributed by atoms with Crippen molar-refractivity contribution in [2.24, 2.45) is 0 Å². The lowest BCUT2D eigenvalue weighted by Gasteiger charge is -2.06. The Bertz CT molecular complexity index is 850. The number of hydrogen-bond donors (Lipinski definition) is 2. The highest BCUT2D eigenvalue weighted by Crippen LogP contribution is 2.21. The van der Waals surface area contributed by atoms with E-state index in [2.05, 4.69) is 4.98 Å². The highest BCUT2D eigenvalue weighted by molar-refractivity contribution is 5.92. The maximum atomic E-state index is 12.1. The first-order valence-corrected chi connectivity index (χ1v) is 6.73. The number of hydrogen-bond acceptors (Lipinski definition) is 3. The Hall–Kier alpha value is -3.08. The van der Waals surface area contributed by atoms with E-state index in [4.69, 9.17) is 9.84 Å². The van der Waals surface area contributed by atoms with Crippen LogP contribution in [0.3, 0.4) is 0 Å². The number of esters is 1. The Morgan fingerprint density at radius 3 is 2.59 bits per heavy atom. The molecule has 0 aliphatic rings. The topological polar surface area (TPSA) is 79.4 Å². The van der Waals surface area contributed by atoms with Crippen molar-refractivity contribution in [1.29, 1.82) is 0 Å². The number of benzene rings is 2. The molecule has 0 spiro atoms. The molecule has 2 N–H and O–H groups in total. The molecule has 0 bridgehead atoms. The second-order valence-corrected chi connectivity index (χ2v) is 4.81.